The molecule has 0 aromatic heterocycles. The number of carbonyl (C=O) groups is 2. The van der Waals surface area contributed by atoms with E-state index < -0.39 is 18.1 Å². The van der Waals surface area contributed by atoms with E-state index >= 15 is 0 Å². The minimum absolute atomic E-state index is 0.0340. The number of carbonyl (C=O) groups excluding carboxylic acids is 2. The molecule has 0 aromatic rings. The molecule has 5 aliphatic carbocycles. The summed E-state index contributed by atoms with van der Waals surface area (Å²) in [5, 5.41) is 4.14. The highest BCUT2D eigenvalue weighted by Gasteiger charge is 2.77. The van der Waals surface area contributed by atoms with Gasteiger partial charge in [0.2, 0.25) is 0 Å². The Kier molecular flexibility index (Phi) is 6.25. The molecule has 38 heavy (non-hydrogen) atoms. The lowest BCUT2D eigenvalue weighted by Gasteiger charge is -2.61. The lowest BCUT2D eigenvalue weighted by molar-refractivity contribution is -0.177. The molecule has 1 aliphatic heterocycles. The van der Waals surface area contributed by atoms with Gasteiger partial charge in [-0.05, 0) is 98.7 Å². The third-order valence-electron chi connectivity index (χ3n) is 13.2. The number of oxime groups is 1. The molecule has 7 nitrogen and oxygen atoms in total. The molecular formula is C31H47NO6. The van der Waals surface area contributed by atoms with Gasteiger partial charge in [-0.3, -0.25) is 9.59 Å². The molecule has 1 heterocycles. The van der Waals surface area contributed by atoms with E-state index in [0.29, 0.717) is 40.4 Å². The molecule has 0 N–H and O–H groups in total. The van der Waals surface area contributed by atoms with Gasteiger partial charge in [0.1, 0.15) is 12.0 Å². The van der Waals surface area contributed by atoms with Gasteiger partial charge in [-0.1, -0.05) is 25.9 Å². The van der Waals surface area contributed by atoms with Crippen molar-refractivity contribution in [2.75, 3.05) is 14.2 Å². The number of ether oxygens (including phenoxy) is 3. The fourth-order valence-corrected chi connectivity index (χ4v) is 11.6. The first-order valence-electron chi connectivity index (χ1n) is 15.0. The molecule has 5 saturated carbocycles. The van der Waals surface area contributed by atoms with E-state index in [-0.39, 0.29) is 23.3 Å². The third-order valence-corrected chi connectivity index (χ3v) is 13.2. The van der Waals surface area contributed by atoms with Gasteiger partial charge in [-0.25, -0.2) is 0 Å². The van der Waals surface area contributed by atoms with Crippen molar-refractivity contribution in [1.82, 2.24) is 0 Å². The van der Waals surface area contributed by atoms with Crippen LogP contribution in [0.3, 0.4) is 0 Å². The number of esters is 2. The summed E-state index contributed by atoms with van der Waals surface area (Å²) in [4.78, 5) is 30.8. The molecule has 212 valence electrons. The molecule has 6 rings (SSSR count). The Morgan fingerprint density at radius 2 is 1.84 bits per heavy atom. The summed E-state index contributed by atoms with van der Waals surface area (Å²) in [5.41, 5.74) is 1.58. The van der Waals surface area contributed by atoms with Gasteiger partial charge < -0.3 is 19.0 Å². The average molecular weight is 530 g/mol. The van der Waals surface area contributed by atoms with Gasteiger partial charge in [-0.2, -0.15) is 0 Å². The molecule has 0 amide bonds. The molecule has 7 heteroatoms. The van der Waals surface area contributed by atoms with E-state index in [1.165, 1.54) is 59.0 Å². The minimum atomic E-state index is -0.656. The second kappa shape index (κ2) is 8.94. The molecule has 0 aromatic carbocycles. The molecular weight excluding hydrogens is 482 g/mol. The number of hydrogen-bond acceptors (Lipinski definition) is 7. The van der Waals surface area contributed by atoms with E-state index in [0.717, 1.165) is 18.3 Å². The van der Waals surface area contributed by atoms with E-state index in [2.05, 4.69) is 25.9 Å². The summed E-state index contributed by atoms with van der Waals surface area (Å²) < 4.78 is 17.4. The Bertz CT molecular complexity index is 1030. The van der Waals surface area contributed by atoms with Crippen LogP contribution in [0.5, 0.6) is 0 Å². The summed E-state index contributed by atoms with van der Waals surface area (Å²) >= 11 is 0. The number of nitrogens with zero attached hydrogens (tertiary/aromatic N) is 1. The van der Waals surface area contributed by atoms with E-state index in [4.69, 9.17) is 19.0 Å². The zero-order chi connectivity index (χ0) is 27.2. The zero-order valence-electron chi connectivity index (χ0n) is 24.3. The van der Waals surface area contributed by atoms with Gasteiger partial charge in [0.15, 0.2) is 6.10 Å². The molecule has 0 bridgehead atoms. The van der Waals surface area contributed by atoms with Crippen molar-refractivity contribution in [3.63, 3.8) is 0 Å². The lowest BCUT2D eigenvalue weighted by Crippen LogP contribution is -2.57. The second-order valence-corrected chi connectivity index (χ2v) is 14.2. The summed E-state index contributed by atoms with van der Waals surface area (Å²) in [6, 6.07) is 0. The summed E-state index contributed by atoms with van der Waals surface area (Å²) in [7, 11) is 3.33. The normalized spacial score (nSPS) is 49.9. The smallest absolute Gasteiger partial charge is 0.318 e. The average Bonchev–Trinajstić information content (AvgIpc) is 3.14. The van der Waals surface area contributed by atoms with Crippen LogP contribution < -0.4 is 0 Å². The van der Waals surface area contributed by atoms with Crippen molar-refractivity contribution in [1.29, 1.82) is 0 Å². The summed E-state index contributed by atoms with van der Waals surface area (Å²) in [6.45, 7) is 10.5. The second-order valence-electron chi connectivity index (χ2n) is 14.2. The molecule has 13 atom stereocenters. The Morgan fingerprint density at radius 3 is 2.50 bits per heavy atom. The van der Waals surface area contributed by atoms with Gasteiger partial charge >= 0.3 is 11.9 Å². The van der Waals surface area contributed by atoms with E-state index in [1.54, 1.807) is 6.92 Å². The van der Waals surface area contributed by atoms with E-state index in [9.17, 15) is 9.59 Å². The van der Waals surface area contributed by atoms with Crippen molar-refractivity contribution in [3.05, 3.63) is 0 Å². The quantitative estimate of drug-likeness (QED) is 0.428. The van der Waals surface area contributed by atoms with Gasteiger partial charge in [0.05, 0.1) is 18.9 Å². The molecule has 5 fully saturated rings. The Balaban J connectivity index is 1.28. The first-order chi connectivity index (χ1) is 18.0. The van der Waals surface area contributed by atoms with Crippen molar-refractivity contribution >= 4 is 17.7 Å². The molecule has 6 aliphatic rings. The van der Waals surface area contributed by atoms with Crippen LogP contribution in [0.15, 0.2) is 5.16 Å². The Morgan fingerprint density at radius 1 is 1.08 bits per heavy atom. The maximum absolute atomic E-state index is 12.7. The van der Waals surface area contributed by atoms with Crippen molar-refractivity contribution in [2.45, 2.75) is 104 Å². The van der Waals surface area contributed by atoms with Gasteiger partial charge in [0, 0.05) is 25.4 Å². The number of hydrogen-bond donors (Lipinski definition) is 0. The lowest BCUT2D eigenvalue weighted by atomic mass is 9.45. The van der Waals surface area contributed by atoms with Gasteiger partial charge in [0.25, 0.3) is 0 Å². The predicted octanol–water partition coefficient (Wildman–Crippen LogP) is 5.40. The fraction of sp³-hybridized carbons (Fsp3) is 0.903. The largest absolute Gasteiger partial charge is 0.468 e. The van der Waals surface area contributed by atoms with Crippen molar-refractivity contribution in [2.24, 2.45) is 62.8 Å². The SMILES string of the molecule is COC(=O)[C@H]1C(C)=NO[C@@H]1[C@H](OC(C)=O)[C@@H](C)[C@H]1CC[C@H]2[C@@H]3C[C@@H](OC)[C@]45C[C@H]4CC[C@]5(C)[C@H]3CC[C@]12C. The Hall–Kier alpha value is -1.63. The number of methoxy groups -OCH3 is 2. The third kappa shape index (κ3) is 3.38. The minimum Gasteiger partial charge on any atom is -0.468 e. The van der Waals surface area contributed by atoms with Crippen LogP contribution in [0, 0.1) is 57.7 Å². The molecule has 1 spiro atoms. The zero-order valence-corrected chi connectivity index (χ0v) is 24.3. The first kappa shape index (κ1) is 26.6. The molecule has 0 radical (unpaired) electrons. The highest BCUT2D eigenvalue weighted by molar-refractivity contribution is 6.02. The predicted molar refractivity (Wildman–Crippen MR) is 142 cm³/mol. The maximum Gasteiger partial charge on any atom is 0.318 e. The Labute approximate surface area is 227 Å². The van der Waals surface area contributed by atoms with Crippen LogP contribution in [-0.4, -0.2) is 50.2 Å². The first-order valence-corrected chi connectivity index (χ1v) is 15.0. The van der Waals surface area contributed by atoms with Crippen molar-refractivity contribution in [3.8, 4) is 0 Å². The summed E-state index contributed by atoms with van der Waals surface area (Å²) in [6.07, 6.45) is 9.33. The molecule has 0 saturated heterocycles. The van der Waals surface area contributed by atoms with Crippen LogP contribution >= 0.6 is 0 Å². The van der Waals surface area contributed by atoms with Crippen LogP contribution in [0.2, 0.25) is 0 Å². The molecule has 0 unspecified atom stereocenters. The standard InChI is InChI=1S/C31H47NO6/c1-16(26(37-18(3)33)27-25(28(34)36-7)17(2)32-38-27)21-8-9-22-20-14-24(35-6)31-15-19(31)10-13-30(31,5)23(20)11-12-29(21,22)4/h16,19-27H,8-15H2,1-7H3/t16-,19+,20-,21+,22-,23-,24+,25-,26+,27-,29+,30+,31-/m0/s1. The van der Waals surface area contributed by atoms with Crippen LogP contribution in [0.4, 0.5) is 0 Å². The maximum atomic E-state index is 12.7. The topological polar surface area (TPSA) is 83.4 Å². The van der Waals surface area contributed by atoms with Crippen LogP contribution in [0.25, 0.3) is 0 Å². The highest BCUT2D eigenvalue weighted by atomic mass is 16.7. The highest BCUT2D eigenvalue weighted by Crippen LogP contribution is 2.82. The van der Waals surface area contributed by atoms with Crippen LogP contribution in [0.1, 0.15) is 86.0 Å². The summed E-state index contributed by atoms with van der Waals surface area (Å²) in [5.74, 6) is 2.02. The van der Waals surface area contributed by atoms with E-state index in [1.807, 2.05) is 7.11 Å². The van der Waals surface area contributed by atoms with Gasteiger partial charge in [-0.15, -0.1) is 0 Å². The number of fused-ring (bicyclic) bond motifs is 4. The van der Waals surface area contributed by atoms with Crippen LogP contribution in [-0.2, 0) is 28.6 Å². The number of rotatable bonds is 6. The fourth-order valence-electron chi connectivity index (χ4n) is 11.6. The monoisotopic (exact) mass is 529 g/mol. The van der Waals surface area contributed by atoms with Crippen molar-refractivity contribution < 1.29 is 28.6 Å².